The van der Waals surface area contributed by atoms with Crippen LogP contribution < -0.4 is 5.32 Å². The van der Waals surface area contributed by atoms with Gasteiger partial charge >= 0.3 is 6.03 Å². The summed E-state index contributed by atoms with van der Waals surface area (Å²) < 4.78 is 5.22. The first-order valence-electron chi connectivity index (χ1n) is 6.93. The summed E-state index contributed by atoms with van der Waals surface area (Å²) in [7, 11) is 0. The van der Waals surface area contributed by atoms with E-state index >= 15 is 0 Å². The molecule has 0 aromatic heterocycles. The summed E-state index contributed by atoms with van der Waals surface area (Å²) in [5, 5.41) is 2.84. The molecular formula is C15H20N2O3. The largest absolute Gasteiger partial charge is 0.378 e. The second-order valence-corrected chi connectivity index (χ2v) is 4.71. The van der Waals surface area contributed by atoms with Crippen LogP contribution in [0.3, 0.4) is 0 Å². The molecule has 1 heterocycles. The zero-order valence-electron chi connectivity index (χ0n) is 11.7. The number of ether oxygens (including phenoxy) is 1. The molecule has 0 saturated carbocycles. The van der Waals surface area contributed by atoms with Crippen LogP contribution in [0.5, 0.6) is 0 Å². The van der Waals surface area contributed by atoms with Crippen molar-refractivity contribution in [2.75, 3.05) is 26.3 Å². The monoisotopic (exact) mass is 276 g/mol. The van der Waals surface area contributed by atoms with E-state index in [0.717, 1.165) is 5.56 Å². The van der Waals surface area contributed by atoms with Gasteiger partial charge in [-0.15, -0.1) is 0 Å². The minimum atomic E-state index is -0.573. The highest BCUT2D eigenvalue weighted by molar-refractivity contribution is 5.89. The number of carbonyl (C=O) groups is 2. The molecule has 1 aliphatic heterocycles. The summed E-state index contributed by atoms with van der Waals surface area (Å²) in [5.41, 5.74) is 0.820. The first-order valence-corrected chi connectivity index (χ1v) is 6.93. The predicted octanol–water partition coefficient (Wildman–Crippen LogP) is 1.75. The molecule has 1 aliphatic rings. The Kier molecular flexibility index (Phi) is 5.12. The molecule has 1 atom stereocenters. The molecule has 1 aromatic carbocycles. The van der Waals surface area contributed by atoms with Crippen molar-refractivity contribution < 1.29 is 14.3 Å². The normalized spacial score (nSPS) is 16.6. The van der Waals surface area contributed by atoms with Crippen molar-refractivity contribution in [2.24, 2.45) is 0 Å². The maximum absolute atomic E-state index is 12.2. The van der Waals surface area contributed by atoms with E-state index < -0.39 is 6.04 Å². The Balaban J connectivity index is 2.08. The molecule has 108 valence electrons. The molecule has 2 rings (SSSR count). The fourth-order valence-electron chi connectivity index (χ4n) is 2.18. The van der Waals surface area contributed by atoms with Gasteiger partial charge in [-0.1, -0.05) is 37.3 Å². The lowest BCUT2D eigenvalue weighted by atomic mass is 10.0. The summed E-state index contributed by atoms with van der Waals surface area (Å²) in [4.78, 5) is 26.0. The van der Waals surface area contributed by atoms with Crippen molar-refractivity contribution in [1.82, 2.24) is 10.2 Å². The average molecular weight is 276 g/mol. The van der Waals surface area contributed by atoms with Gasteiger partial charge in [-0.05, 0) is 5.56 Å². The van der Waals surface area contributed by atoms with Crippen LogP contribution in [-0.2, 0) is 9.53 Å². The van der Waals surface area contributed by atoms with Crippen molar-refractivity contribution in [1.29, 1.82) is 0 Å². The Morgan fingerprint density at radius 1 is 1.25 bits per heavy atom. The average Bonchev–Trinajstić information content (AvgIpc) is 2.53. The fraction of sp³-hybridized carbons (Fsp3) is 0.467. The smallest absolute Gasteiger partial charge is 0.318 e. The van der Waals surface area contributed by atoms with E-state index in [1.807, 2.05) is 30.3 Å². The van der Waals surface area contributed by atoms with Crippen LogP contribution in [0.15, 0.2) is 30.3 Å². The standard InChI is InChI=1S/C15H20N2O3/c1-2-13(18)14(12-6-4-3-5-7-12)16-15(19)17-8-10-20-11-9-17/h3-7,14H,2,8-11H2,1H3,(H,16,19)/t14-/m1/s1. The second-order valence-electron chi connectivity index (χ2n) is 4.71. The third kappa shape index (κ3) is 3.57. The Morgan fingerprint density at radius 3 is 2.50 bits per heavy atom. The van der Waals surface area contributed by atoms with Gasteiger partial charge in [-0.3, -0.25) is 4.79 Å². The summed E-state index contributed by atoms with van der Waals surface area (Å²) in [6.07, 6.45) is 0.392. The van der Waals surface area contributed by atoms with Crippen LogP contribution in [0.4, 0.5) is 4.79 Å². The molecule has 20 heavy (non-hydrogen) atoms. The third-order valence-electron chi connectivity index (χ3n) is 3.37. The zero-order chi connectivity index (χ0) is 14.4. The van der Waals surface area contributed by atoms with Gasteiger partial charge in [0.1, 0.15) is 6.04 Å². The summed E-state index contributed by atoms with van der Waals surface area (Å²) in [6, 6.07) is 8.56. The van der Waals surface area contributed by atoms with Crippen molar-refractivity contribution in [2.45, 2.75) is 19.4 Å². The number of ketones is 1. The highest BCUT2D eigenvalue weighted by Crippen LogP contribution is 2.16. The number of morpholine rings is 1. The number of nitrogens with one attached hydrogen (secondary N) is 1. The zero-order valence-corrected chi connectivity index (χ0v) is 11.7. The molecule has 1 N–H and O–H groups in total. The lowest BCUT2D eigenvalue weighted by Crippen LogP contribution is -2.48. The van der Waals surface area contributed by atoms with Crippen molar-refractivity contribution in [3.05, 3.63) is 35.9 Å². The number of nitrogens with zero attached hydrogens (tertiary/aromatic N) is 1. The molecule has 5 nitrogen and oxygen atoms in total. The van der Waals surface area contributed by atoms with E-state index in [1.54, 1.807) is 11.8 Å². The first kappa shape index (κ1) is 14.5. The highest BCUT2D eigenvalue weighted by atomic mass is 16.5. The lowest BCUT2D eigenvalue weighted by Gasteiger charge is -2.29. The maximum atomic E-state index is 12.2. The van der Waals surface area contributed by atoms with E-state index in [0.29, 0.717) is 32.7 Å². The number of urea groups is 1. The minimum absolute atomic E-state index is 0.0119. The number of hydrogen-bond acceptors (Lipinski definition) is 3. The third-order valence-corrected chi connectivity index (χ3v) is 3.37. The van der Waals surface area contributed by atoms with Crippen molar-refractivity contribution in [3.63, 3.8) is 0 Å². The summed E-state index contributed by atoms with van der Waals surface area (Å²) >= 11 is 0. The molecule has 0 unspecified atom stereocenters. The number of hydrogen-bond donors (Lipinski definition) is 1. The molecule has 5 heteroatoms. The summed E-state index contributed by atoms with van der Waals surface area (Å²) in [5.74, 6) is 0.0119. The topological polar surface area (TPSA) is 58.6 Å². The van der Waals surface area contributed by atoms with E-state index in [-0.39, 0.29) is 11.8 Å². The molecule has 2 amide bonds. The second kappa shape index (κ2) is 7.05. The molecule has 1 fully saturated rings. The van der Waals surface area contributed by atoms with Gasteiger partial charge in [0.25, 0.3) is 0 Å². The van der Waals surface area contributed by atoms with Gasteiger partial charge in [0.15, 0.2) is 5.78 Å². The Hall–Kier alpha value is -1.88. The Labute approximate surface area is 118 Å². The fourth-order valence-corrected chi connectivity index (χ4v) is 2.18. The number of amides is 2. The maximum Gasteiger partial charge on any atom is 0.318 e. The quantitative estimate of drug-likeness (QED) is 0.911. The summed E-state index contributed by atoms with van der Waals surface area (Å²) in [6.45, 7) is 4.02. The number of Topliss-reactive ketones (excluding diaryl/α,β-unsaturated/α-hetero) is 1. The first-order chi connectivity index (χ1) is 9.72. The molecule has 1 saturated heterocycles. The predicted molar refractivity (Wildman–Crippen MR) is 75.4 cm³/mol. The molecule has 1 aromatic rings. The van der Waals surface area contributed by atoms with Gasteiger partial charge in [-0.25, -0.2) is 4.79 Å². The van der Waals surface area contributed by atoms with Gasteiger partial charge in [0.2, 0.25) is 0 Å². The van der Waals surface area contributed by atoms with Gasteiger partial charge in [0.05, 0.1) is 13.2 Å². The lowest BCUT2D eigenvalue weighted by molar-refractivity contribution is -0.120. The van der Waals surface area contributed by atoms with Gasteiger partial charge in [-0.2, -0.15) is 0 Å². The number of benzene rings is 1. The number of carbonyl (C=O) groups excluding carboxylic acids is 2. The molecule has 0 radical (unpaired) electrons. The van der Waals surface area contributed by atoms with E-state index in [4.69, 9.17) is 4.74 Å². The van der Waals surface area contributed by atoms with Crippen LogP contribution >= 0.6 is 0 Å². The van der Waals surface area contributed by atoms with Crippen LogP contribution in [0.1, 0.15) is 24.9 Å². The Morgan fingerprint density at radius 2 is 1.90 bits per heavy atom. The molecule has 0 bridgehead atoms. The molecule has 0 aliphatic carbocycles. The van der Waals surface area contributed by atoms with Crippen LogP contribution in [0.25, 0.3) is 0 Å². The SMILES string of the molecule is CCC(=O)[C@H](NC(=O)N1CCOCC1)c1ccccc1. The van der Waals surface area contributed by atoms with E-state index in [9.17, 15) is 9.59 Å². The number of rotatable bonds is 4. The Bertz CT molecular complexity index is 455. The molecule has 0 spiro atoms. The van der Waals surface area contributed by atoms with E-state index in [2.05, 4.69) is 5.32 Å². The van der Waals surface area contributed by atoms with Crippen molar-refractivity contribution in [3.8, 4) is 0 Å². The van der Waals surface area contributed by atoms with Gasteiger partial charge < -0.3 is 15.0 Å². The van der Waals surface area contributed by atoms with Crippen LogP contribution in [0.2, 0.25) is 0 Å². The molecular weight excluding hydrogens is 256 g/mol. The minimum Gasteiger partial charge on any atom is -0.378 e. The van der Waals surface area contributed by atoms with Crippen molar-refractivity contribution >= 4 is 11.8 Å². The van der Waals surface area contributed by atoms with Gasteiger partial charge in [0, 0.05) is 19.5 Å². The van der Waals surface area contributed by atoms with Crippen LogP contribution in [-0.4, -0.2) is 43.0 Å². The highest BCUT2D eigenvalue weighted by Gasteiger charge is 2.24. The van der Waals surface area contributed by atoms with Crippen LogP contribution in [0, 0.1) is 0 Å². The van der Waals surface area contributed by atoms with E-state index in [1.165, 1.54) is 0 Å².